The Morgan fingerprint density at radius 3 is 3.07 bits per heavy atom. The summed E-state index contributed by atoms with van der Waals surface area (Å²) in [6, 6.07) is 0.404. The number of carbonyl (C=O) groups is 1. The summed E-state index contributed by atoms with van der Waals surface area (Å²) in [5.41, 5.74) is 0. The fourth-order valence-electron chi connectivity index (χ4n) is 3.10. The van der Waals surface area contributed by atoms with Gasteiger partial charge >= 0.3 is 0 Å². The smallest absolute Gasteiger partial charge is 0.228 e. The molecule has 0 aromatic carbocycles. The number of hydrogen-bond donors (Lipinski definition) is 1. The van der Waals surface area contributed by atoms with E-state index < -0.39 is 0 Å². The fraction of sp³-hybridized carbons (Fsp3) is 0.750. The fourth-order valence-corrected chi connectivity index (χ4v) is 3.10. The minimum absolute atomic E-state index is 0.212. The van der Waals surface area contributed by atoms with Crippen molar-refractivity contribution in [2.45, 2.75) is 44.3 Å². The number of fused-ring (bicyclic) bond motifs is 2. The largest absolute Gasteiger partial charge is 0.327 e. The minimum atomic E-state index is 0.212. The molecule has 2 saturated heterocycles. The normalized spacial score (nSPS) is 39.9. The standard InChI is InChI=1S/C12H18N2O/c15-12-9-5-1-2-6-10(9)13-11-7-3-4-8-14(11)12/h1-2,9-11,13H,3-8H2/t9-,10+,11+/m1/s1. The summed E-state index contributed by atoms with van der Waals surface area (Å²) >= 11 is 0. The van der Waals surface area contributed by atoms with E-state index in [9.17, 15) is 4.79 Å². The van der Waals surface area contributed by atoms with Crippen molar-refractivity contribution in [3.63, 3.8) is 0 Å². The van der Waals surface area contributed by atoms with Gasteiger partial charge in [0.1, 0.15) is 0 Å². The zero-order chi connectivity index (χ0) is 10.3. The van der Waals surface area contributed by atoms with Crippen molar-refractivity contribution in [2.24, 2.45) is 5.92 Å². The van der Waals surface area contributed by atoms with Crippen molar-refractivity contribution >= 4 is 5.91 Å². The number of nitrogens with zero attached hydrogens (tertiary/aromatic N) is 1. The molecule has 0 saturated carbocycles. The molecule has 1 aliphatic carbocycles. The van der Waals surface area contributed by atoms with Crippen LogP contribution in [0.2, 0.25) is 0 Å². The van der Waals surface area contributed by atoms with Gasteiger partial charge in [0.25, 0.3) is 0 Å². The Bertz CT molecular complexity index is 300. The molecule has 2 heterocycles. The van der Waals surface area contributed by atoms with Gasteiger partial charge in [-0.25, -0.2) is 0 Å². The molecule has 0 spiro atoms. The number of allylic oxidation sites excluding steroid dienone is 1. The van der Waals surface area contributed by atoms with Gasteiger partial charge in [-0.15, -0.1) is 0 Å². The molecule has 3 aliphatic rings. The van der Waals surface area contributed by atoms with Crippen LogP contribution >= 0.6 is 0 Å². The van der Waals surface area contributed by atoms with E-state index in [4.69, 9.17) is 0 Å². The Morgan fingerprint density at radius 1 is 1.27 bits per heavy atom. The summed E-state index contributed by atoms with van der Waals surface area (Å²) in [5, 5.41) is 3.64. The molecule has 3 nitrogen and oxygen atoms in total. The van der Waals surface area contributed by atoms with Crippen molar-refractivity contribution in [2.75, 3.05) is 6.54 Å². The number of carbonyl (C=O) groups excluding carboxylic acids is 1. The molecule has 0 aromatic heterocycles. The van der Waals surface area contributed by atoms with Crippen LogP contribution in [-0.4, -0.2) is 29.6 Å². The lowest BCUT2D eigenvalue weighted by Crippen LogP contribution is -2.64. The second kappa shape index (κ2) is 3.63. The molecule has 0 unspecified atom stereocenters. The lowest BCUT2D eigenvalue weighted by molar-refractivity contribution is -0.146. The first-order chi connectivity index (χ1) is 7.36. The maximum Gasteiger partial charge on any atom is 0.228 e. The first kappa shape index (κ1) is 9.40. The highest BCUT2D eigenvalue weighted by atomic mass is 16.2. The van der Waals surface area contributed by atoms with Crippen molar-refractivity contribution < 1.29 is 4.79 Å². The molecule has 3 atom stereocenters. The number of hydrogen-bond acceptors (Lipinski definition) is 2. The second-order valence-electron chi connectivity index (χ2n) is 4.87. The van der Waals surface area contributed by atoms with Crippen LogP contribution in [0.1, 0.15) is 32.1 Å². The first-order valence-electron chi connectivity index (χ1n) is 6.08. The van der Waals surface area contributed by atoms with Crippen LogP contribution in [0.15, 0.2) is 12.2 Å². The molecule has 2 aliphatic heterocycles. The predicted octanol–water partition coefficient (Wildman–Crippen LogP) is 1.26. The van der Waals surface area contributed by atoms with Gasteiger partial charge < -0.3 is 4.90 Å². The topological polar surface area (TPSA) is 32.3 Å². The van der Waals surface area contributed by atoms with Crippen LogP contribution in [0.5, 0.6) is 0 Å². The summed E-state index contributed by atoms with van der Waals surface area (Å²) in [4.78, 5) is 14.3. The SMILES string of the molecule is O=C1[C@@H]2CC=CC[C@@H]2N[C@@H]2CCCCN12. The Kier molecular flexibility index (Phi) is 2.28. The number of nitrogens with one attached hydrogen (secondary N) is 1. The average molecular weight is 206 g/mol. The van der Waals surface area contributed by atoms with Crippen LogP contribution in [0, 0.1) is 5.92 Å². The highest BCUT2D eigenvalue weighted by molar-refractivity contribution is 5.81. The van der Waals surface area contributed by atoms with Gasteiger partial charge in [-0.2, -0.15) is 0 Å². The lowest BCUT2D eigenvalue weighted by Gasteiger charge is -2.47. The number of piperidine rings is 1. The van der Waals surface area contributed by atoms with Crippen molar-refractivity contribution in [3.8, 4) is 0 Å². The average Bonchev–Trinajstić information content (AvgIpc) is 2.30. The van der Waals surface area contributed by atoms with Crippen molar-refractivity contribution in [3.05, 3.63) is 12.2 Å². The molecule has 1 amide bonds. The van der Waals surface area contributed by atoms with Crippen LogP contribution in [-0.2, 0) is 4.79 Å². The molecule has 3 rings (SSSR count). The van der Waals surface area contributed by atoms with Gasteiger partial charge in [0, 0.05) is 12.6 Å². The quantitative estimate of drug-likeness (QED) is 0.605. The van der Waals surface area contributed by atoms with E-state index in [0.717, 1.165) is 25.8 Å². The molecule has 15 heavy (non-hydrogen) atoms. The molecule has 2 fully saturated rings. The molecular weight excluding hydrogens is 188 g/mol. The molecule has 0 aromatic rings. The number of rotatable bonds is 0. The van der Waals surface area contributed by atoms with Gasteiger partial charge in [-0.3, -0.25) is 10.1 Å². The van der Waals surface area contributed by atoms with E-state index in [-0.39, 0.29) is 5.92 Å². The lowest BCUT2D eigenvalue weighted by atomic mass is 9.84. The van der Waals surface area contributed by atoms with Gasteiger partial charge in [-0.1, -0.05) is 12.2 Å². The van der Waals surface area contributed by atoms with Crippen LogP contribution in [0.3, 0.4) is 0 Å². The van der Waals surface area contributed by atoms with Crippen molar-refractivity contribution in [1.82, 2.24) is 10.2 Å². The Balaban J connectivity index is 1.83. The van der Waals surface area contributed by atoms with E-state index >= 15 is 0 Å². The summed E-state index contributed by atoms with van der Waals surface area (Å²) in [5.74, 6) is 0.608. The molecule has 0 radical (unpaired) electrons. The number of amides is 1. The van der Waals surface area contributed by atoms with Crippen LogP contribution < -0.4 is 5.32 Å². The maximum atomic E-state index is 12.2. The van der Waals surface area contributed by atoms with Gasteiger partial charge in [0.2, 0.25) is 5.91 Å². The van der Waals surface area contributed by atoms with E-state index in [1.54, 1.807) is 0 Å². The highest BCUT2D eigenvalue weighted by Gasteiger charge is 2.41. The zero-order valence-corrected chi connectivity index (χ0v) is 8.98. The monoisotopic (exact) mass is 206 g/mol. The first-order valence-corrected chi connectivity index (χ1v) is 6.08. The maximum absolute atomic E-state index is 12.2. The van der Waals surface area contributed by atoms with E-state index in [2.05, 4.69) is 22.4 Å². The minimum Gasteiger partial charge on any atom is -0.327 e. The molecular formula is C12H18N2O. The predicted molar refractivity (Wildman–Crippen MR) is 58.1 cm³/mol. The Hall–Kier alpha value is -0.830. The Morgan fingerprint density at radius 2 is 2.13 bits per heavy atom. The highest BCUT2D eigenvalue weighted by Crippen LogP contribution is 2.30. The van der Waals surface area contributed by atoms with Crippen LogP contribution in [0.25, 0.3) is 0 Å². The molecule has 82 valence electrons. The van der Waals surface area contributed by atoms with Crippen LogP contribution in [0.4, 0.5) is 0 Å². The van der Waals surface area contributed by atoms with Gasteiger partial charge in [-0.05, 0) is 32.1 Å². The zero-order valence-electron chi connectivity index (χ0n) is 8.98. The van der Waals surface area contributed by atoms with E-state index in [0.29, 0.717) is 18.1 Å². The third kappa shape index (κ3) is 1.49. The summed E-state index contributed by atoms with van der Waals surface area (Å²) in [7, 11) is 0. The summed E-state index contributed by atoms with van der Waals surface area (Å²) in [6.07, 6.45) is 10.2. The third-order valence-electron chi connectivity index (χ3n) is 3.94. The summed E-state index contributed by atoms with van der Waals surface area (Å²) in [6.45, 7) is 0.962. The molecule has 0 bridgehead atoms. The Labute approximate surface area is 90.5 Å². The molecule has 1 N–H and O–H groups in total. The van der Waals surface area contributed by atoms with Crippen molar-refractivity contribution in [1.29, 1.82) is 0 Å². The second-order valence-corrected chi connectivity index (χ2v) is 4.87. The van der Waals surface area contributed by atoms with Gasteiger partial charge in [0.05, 0.1) is 12.1 Å². The van der Waals surface area contributed by atoms with E-state index in [1.165, 1.54) is 12.8 Å². The van der Waals surface area contributed by atoms with Gasteiger partial charge in [0.15, 0.2) is 0 Å². The summed E-state index contributed by atoms with van der Waals surface area (Å²) < 4.78 is 0. The van der Waals surface area contributed by atoms with E-state index in [1.807, 2.05) is 0 Å². The third-order valence-corrected chi connectivity index (χ3v) is 3.94. The molecule has 3 heteroatoms.